The van der Waals surface area contributed by atoms with Crippen LogP contribution < -0.4 is 5.73 Å². The first-order chi connectivity index (χ1) is 7.79. The van der Waals surface area contributed by atoms with Gasteiger partial charge in [0.15, 0.2) is 0 Å². The maximum absolute atomic E-state index is 12.7. The molecule has 0 saturated carbocycles. The van der Waals surface area contributed by atoms with Crippen LogP contribution in [-0.2, 0) is 6.42 Å². The average molecular weight is 236 g/mol. The van der Waals surface area contributed by atoms with Gasteiger partial charge >= 0.3 is 0 Å². The minimum atomic E-state index is -0.219. The van der Waals surface area contributed by atoms with Gasteiger partial charge in [-0.1, -0.05) is 0 Å². The summed E-state index contributed by atoms with van der Waals surface area (Å²) < 4.78 is 12.7. The molecule has 0 aliphatic heterocycles. The van der Waals surface area contributed by atoms with Gasteiger partial charge in [0.25, 0.3) is 0 Å². The topological polar surface area (TPSA) is 38.9 Å². The van der Waals surface area contributed by atoms with Gasteiger partial charge in [-0.2, -0.15) is 0 Å². The van der Waals surface area contributed by atoms with Crippen LogP contribution in [0.5, 0.6) is 0 Å². The third-order valence-corrected chi connectivity index (χ3v) is 3.22. The fourth-order valence-corrected chi connectivity index (χ4v) is 2.29. The summed E-state index contributed by atoms with van der Waals surface area (Å²) in [6.07, 6.45) is 1.86. The summed E-state index contributed by atoms with van der Waals surface area (Å²) in [4.78, 5) is 4.49. The van der Waals surface area contributed by atoms with Gasteiger partial charge in [0.05, 0.1) is 5.69 Å². The highest BCUT2D eigenvalue weighted by atomic mass is 32.1. The zero-order chi connectivity index (χ0) is 11.4. The van der Waals surface area contributed by atoms with Gasteiger partial charge < -0.3 is 5.73 Å². The molecule has 2 aromatic rings. The predicted octanol–water partition coefficient (Wildman–Crippen LogP) is 2.84. The maximum atomic E-state index is 12.7. The van der Waals surface area contributed by atoms with Gasteiger partial charge in [0.1, 0.15) is 10.8 Å². The van der Waals surface area contributed by atoms with Crippen molar-refractivity contribution in [1.82, 2.24) is 4.98 Å². The Kier molecular flexibility index (Phi) is 3.64. The summed E-state index contributed by atoms with van der Waals surface area (Å²) in [6.45, 7) is 0.684. The van der Waals surface area contributed by atoms with E-state index < -0.39 is 0 Å². The standard InChI is InChI=1S/C12H13FN2S/c13-10-5-3-9(4-6-10)12-15-11(8-16-12)2-1-7-14/h3-6,8H,1-2,7,14H2. The molecule has 0 atom stereocenters. The number of benzene rings is 1. The van der Waals surface area contributed by atoms with Crippen molar-refractivity contribution in [3.8, 4) is 10.6 Å². The molecule has 0 amide bonds. The van der Waals surface area contributed by atoms with Crippen molar-refractivity contribution in [1.29, 1.82) is 0 Å². The molecule has 84 valence electrons. The predicted molar refractivity (Wildman–Crippen MR) is 64.9 cm³/mol. The van der Waals surface area contributed by atoms with E-state index in [2.05, 4.69) is 4.98 Å². The average Bonchev–Trinajstić information content (AvgIpc) is 2.76. The summed E-state index contributed by atoms with van der Waals surface area (Å²) in [5.41, 5.74) is 7.47. The highest BCUT2D eigenvalue weighted by molar-refractivity contribution is 7.13. The first-order valence-corrected chi connectivity index (χ1v) is 6.08. The monoisotopic (exact) mass is 236 g/mol. The second-order valence-electron chi connectivity index (χ2n) is 3.54. The molecule has 0 saturated heterocycles. The molecule has 1 aromatic heterocycles. The summed E-state index contributed by atoms with van der Waals surface area (Å²) in [5, 5.41) is 2.97. The van der Waals surface area contributed by atoms with Crippen LogP contribution in [0, 0.1) is 5.82 Å². The zero-order valence-electron chi connectivity index (χ0n) is 8.82. The Balaban J connectivity index is 2.15. The Labute approximate surface area is 97.9 Å². The van der Waals surface area contributed by atoms with Gasteiger partial charge in [-0.25, -0.2) is 9.37 Å². The van der Waals surface area contributed by atoms with Crippen molar-refractivity contribution in [3.05, 3.63) is 41.2 Å². The summed E-state index contributed by atoms with van der Waals surface area (Å²) >= 11 is 1.58. The van der Waals surface area contributed by atoms with Crippen molar-refractivity contribution in [2.24, 2.45) is 5.73 Å². The maximum Gasteiger partial charge on any atom is 0.123 e. The molecule has 0 bridgehead atoms. The Bertz CT molecular complexity index is 450. The number of hydrogen-bond acceptors (Lipinski definition) is 3. The normalized spacial score (nSPS) is 10.6. The van der Waals surface area contributed by atoms with E-state index in [1.165, 1.54) is 12.1 Å². The van der Waals surface area contributed by atoms with Crippen molar-refractivity contribution >= 4 is 11.3 Å². The van der Waals surface area contributed by atoms with Crippen LogP contribution in [0.2, 0.25) is 0 Å². The molecule has 1 heterocycles. The molecule has 0 fully saturated rings. The molecule has 0 aliphatic rings. The molecular formula is C12H13FN2S. The minimum absolute atomic E-state index is 0.219. The lowest BCUT2D eigenvalue weighted by Gasteiger charge is -1.95. The van der Waals surface area contributed by atoms with Crippen LogP contribution in [-0.4, -0.2) is 11.5 Å². The van der Waals surface area contributed by atoms with Crippen molar-refractivity contribution < 1.29 is 4.39 Å². The van der Waals surface area contributed by atoms with Crippen LogP contribution in [0.3, 0.4) is 0 Å². The molecule has 2 rings (SSSR count). The number of aryl methyl sites for hydroxylation is 1. The molecule has 2 nitrogen and oxygen atoms in total. The lowest BCUT2D eigenvalue weighted by atomic mass is 10.2. The first kappa shape index (κ1) is 11.2. The number of halogens is 1. The third kappa shape index (κ3) is 2.65. The van der Waals surface area contributed by atoms with Crippen LogP contribution in [0.1, 0.15) is 12.1 Å². The first-order valence-electron chi connectivity index (χ1n) is 5.20. The number of nitrogens with two attached hydrogens (primary N) is 1. The Morgan fingerprint density at radius 1 is 1.25 bits per heavy atom. The van der Waals surface area contributed by atoms with E-state index in [-0.39, 0.29) is 5.82 Å². The summed E-state index contributed by atoms with van der Waals surface area (Å²) in [7, 11) is 0. The smallest absolute Gasteiger partial charge is 0.123 e. The minimum Gasteiger partial charge on any atom is -0.330 e. The Morgan fingerprint density at radius 2 is 2.00 bits per heavy atom. The second-order valence-corrected chi connectivity index (χ2v) is 4.40. The molecule has 2 N–H and O–H groups in total. The third-order valence-electron chi connectivity index (χ3n) is 2.28. The van der Waals surface area contributed by atoms with Crippen molar-refractivity contribution in [2.75, 3.05) is 6.54 Å². The molecule has 16 heavy (non-hydrogen) atoms. The summed E-state index contributed by atoms with van der Waals surface area (Å²) in [6, 6.07) is 6.41. The summed E-state index contributed by atoms with van der Waals surface area (Å²) in [5.74, 6) is -0.219. The Hall–Kier alpha value is -1.26. The highest BCUT2D eigenvalue weighted by Gasteiger charge is 2.04. The fraction of sp³-hybridized carbons (Fsp3) is 0.250. The van der Waals surface area contributed by atoms with E-state index in [0.29, 0.717) is 6.54 Å². The molecule has 0 spiro atoms. The lowest BCUT2D eigenvalue weighted by Crippen LogP contribution is -2.00. The van der Waals surface area contributed by atoms with Crippen LogP contribution in [0.25, 0.3) is 10.6 Å². The quantitative estimate of drug-likeness (QED) is 0.886. The van der Waals surface area contributed by atoms with E-state index in [4.69, 9.17) is 5.73 Å². The molecule has 1 aromatic carbocycles. The van der Waals surface area contributed by atoms with Gasteiger partial charge in [0.2, 0.25) is 0 Å². The molecule has 0 radical (unpaired) electrons. The fourth-order valence-electron chi connectivity index (χ4n) is 1.43. The van der Waals surface area contributed by atoms with E-state index in [9.17, 15) is 4.39 Å². The lowest BCUT2D eigenvalue weighted by molar-refractivity contribution is 0.628. The van der Waals surface area contributed by atoms with Crippen molar-refractivity contribution in [3.63, 3.8) is 0 Å². The number of nitrogens with zero attached hydrogens (tertiary/aromatic N) is 1. The van der Waals surface area contributed by atoms with Gasteiger partial charge in [-0.3, -0.25) is 0 Å². The number of aromatic nitrogens is 1. The molecular weight excluding hydrogens is 223 g/mol. The van der Waals surface area contributed by atoms with Gasteiger partial charge in [0, 0.05) is 10.9 Å². The molecule has 4 heteroatoms. The zero-order valence-corrected chi connectivity index (χ0v) is 9.64. The number of thiazole rings is 1. The second kappa shape index (κ2) is 5.18. The Morgan fingerprint density at radius 3 is 2.69 bits per heavy atom. The number of hydrogen-bond donors (Lipinski definition) is 1. The van der Waals surface area contributed by atoms with Crippen LogP contribution in [0.4, 0.5) is 4.39 Å². The molecule has 0 unspecified atom stereocenters. The van der Waals surface area contributed by atoms with Crippen molar-refractivity contribution in [2.45, 2.75) is 12.8 Å². The van der Waals surface area contributed by atoms with E-state index >= 15 is 0 Å². The van der Waals surface area contributed by atoms with E-state index in [0.717, 1.165) is 29.1 Å². The van der Waals surface area contributed by atoms with E-state index in [1.807, 2.05) is 5.38 Å². The van der Waals surface area contributed by atoms with Gasteiger partial charge in [-0.15, -0.1) is 11.3 Å². The largest absolute Gasteiger partial charge is 0.330 e. The van der Waals surface area contributed by atoms with E-state index in [1.54, 1.807) is 23.5 Å². The van der Waals surface area contributed by atoms with Crippen LogP contribution >= 0.6 is 11.3 Å². The highest BCUT2D eigenvalue weighted by Crippen LogP contribution is 2.24. The van der Waals surface area contributed by atoms with Gasteiger partial charge in [-0.05, 0) is 43.7 Å². The molecule has 0 aliphatic carbocycles. The number of rotatable bonds is 4. The SMILES string of the molecule is NCCCc1csc(-c2ccc(F)cc2)n1. The van der Waals surface area contributed by atoms with Crippen LogP contribution in [0.15, 0.2) is 29.6 Å².